The Morgan fingerprint density at radius 1 is 1.24 bits per heavy atom. The molecule has 2 heterocycles. The Hall–Kier alpha value is -3.52. The van der Waals surface area contributed by atoms with Gasteiger partial charge in [0, 0.05) is 10.4 Å². The van der Waals surface area contributed by atoms with E-state index in [1.807, 2.05) is 43.3 Å². The van der Waals surface area contributed by atoms with Crippen molar-refractivity contribution in [2.75, 3.05) is 6.61 Å². The van der Waals surface area contributed by atoms with E-state index < -0.39 is 5.91 Å². The molecule has 1 amide bonds. The number of hydrazone groups is 1. The summed E-state index contributed by atoms with van der Waals surface area (Å²) in [6, 6.07) is 11.8. The van der Waals surface area contributed by atoms with E-state index in [1.54, 1.807) is 17.6 Å². The van der Waals surface area contributed by atoms with Crippen LogP contribution in [0, 0.1) is 0 Å². The smallest absolute Gasteiger partial charge is 0.262 e. The lowest BCUT2D eigenvalue weighted by molar-refractivity contribution is -0.121. The molecule has 33 heavy (non-hydrogen) atoms. The zero-order valence-electron chi connectivity index (χ0n) is 18.3. The Bertz CT molecular complexity index is 1440. The van der Waals surface area contributed by atoms with Gasteiger partial charge in [-0.3, -0.25) is 14.2 Å². The van der Waals surface area contributed by atoms with Gasteiger partial charge in [-0.25, -0.2) is 10.4 Å². The van der Waals surface area contributed by atoms with Gasteiger partial charge >= 0.3 is 0 Å². The van der Waals surface area contributed by atoms with Gasteiger partial charge in [0.05, 0.1) is 24.5 Å². The van der Waals surface area contributed by atoms with E-state index in [-0.39, 0.29) is 12.1 Å². The summed E-state index contributed by atoms with van der Waals surface area (Å²) < 4.78 is 7.10. The minimum Gasteiger partial charge on any atom is -0.493 e. The van der Waals surface area contributed by atoms with Gasteiger partial charge in [0.2, 0.25) is 0 Å². The molecule has 2 aromatic carbocycles. The van der Waals surface area contributed by atoms with Crippen LogP contribution >= 0.6 is 11.3 Å². The van der Waals surface area contributed by atoms with Crippen LogP contribution in [0.4, 0.5) is 0 Å². The second-order valence-corrected chi connectivity index (χ2v) is 9.08. The molecular formula is C25H24N4O3S. The van der Waals surface area contributed by atoms with Crippen molar-refractivity contribution in [3.63, 3.8) is 0 Å². The van der Waals surface area contributed by atoms with Crippen LogP contribution in [0.1, 0.15) is 35.8 Å². The highest BCUT2D eigenvalue weighted by Gasteiger charge is 2.20. The van der Waals surface area contributed by atoms with E-state index in [1.165, 1.54) is 15.8 Å². The summed E-state index contributed by atoms with van der Waals surface area (Å²) in [5.74, 6) is 0.305. The van der Waals surface area contributed by atoms with Crippen molar-refractivity contribution in [2.24, 2.45) is 5.10 Å². The molecule has 168 valence electrons. The Kier molecular flexibility index (Phi) is 5.92. The molecule has 4 aromatic rings. The summed E-state index contributed by atoms with van der Waals surface area (Å²) >= 11 is 1.60. The van der Waals surface area contributed by atoms with Crippen LogP contribution in [0.3, 0.4) is 0 Å². The summed E-state index contributed by atoms with van der Waals surface area (Å²) in [5.41, 5.74) is 4.28. The average molecular weight is 461 g/mol. The van der Waals surface area contributed by atoms with Crippen LogP contribution in [0.15, 0.2) is 52.6 Å². The molecule has 7 nitrogen and oxygen atoms in total. The van der Waals surface area contributed by atoms with E-state index in [9.17, 15) is 9.59 Å². The number of hydrogen-bond donors (Lipinski definition) is 1. The minimum absolute atomic E-state index is 0.141. The van der Waals surface area contributed by atoms with Gasteiger partial charge in [0.1, 0.15) is 17.1 Å². The maximum absolute atomic E-state index is 13.0. The monoisotopic (exact) mass is 460 g/mol. The summed E-state index contributed by atoms with van der Waals surface area (Å²) in [5, 5.41) is 6.85. The first-order chi connectivity index (χ1) is 16.2. The van der Waals surface area contributed by atoms with Gasteiger partial charge < -0.3 is 4.74 Å². The molecule has 1 aliphatic carbocycles. The third kappa shape index (κ3) is 4.14. The summed E-state index contributed by atoms with van der Waals surface area (Å²) in [4.78, 5) is 32.1. The minimum atomic E-state index is -0.392. The van der Waals surface area contributed by atoms with Gasteiger partial charge in [-0.1, -0.05) is 30.3 Å². The third-order valence-corrected chi connectivity index (χ3v) is 7.07. The van der Waals surface area contributed by atoms with Gasteiger partial charge in [-0.05, 0) is 55.0 Å². The first-order valence-corrected chi connectivity index (χ1v) is 11.9. The number of ether oxygens (including phenoxy) is 1. The fourth-order valence-electron chi connectivity index (χ4n) is 4.34. The SMILES string of the molecule is CCOc1ccc2ccccc2c1C=NNC(=O)Cn1cnc2sc3c(c2c1=O)CCCC3. The number of carbonyl (C=O) groups is 1. The number of rotatable bonds is 6. The van der Waals surface area contributed by atoms with Gasteiger partial charge in [-0.15, -0.1) is 11.3 Å². The number of thiophene rings is 1. The highest BCUT2D eigenvalue weighted by molar-refractivity contribution is 7.18. The number of benzene rings is 2. The number of hydrogen-bond acceptors (Lipinski definition) is 6. The predicted molar refractivity (Wildman–Crippen MR) is 131 cm³/mol. The topological polar surface area (TPSA) is 85.6 Å². The maximum atomic E-state index is 13.0. The molecule has 0 atom stereocenters. The van der Waals surface area contributed by atoms with Crippen LogP contribution in [0.25, 0.3) is 21.0 Å². The fourth-order valence-corrected chi connectivity index (χ4v) is 5.56. The molecule has 8 heteroatoms. The highest BCUT2D eigenvalue weighted by Crippen LogP contribution is 2.33. The van der Waals surface area contributed by atoms with E-state index in [0.717, 1.165) is 52.4 Å². The van der Waals surface area contributed by atoms with E-state index >= 15 is 0 Å². The second kappa shape index (κ2) is 9.15. The first kappa shape index (κ1) is 21.3. The van der Waals surface area contributed by atoms with E-state index in [0.29, 0.717) is 17.7 Å². The maximum Gasteiger partial charge on any atom is 0.262 e. The van der Waals surface area contributed by atoms with Crippen LogP contribution in [0.5, 0.6) is 5.75 Å². The first-order valence-electron chi connectivity index (χ1n) is 11.1. The van der Waals surface area contributed by atoms with E-state index in [2.05, 4.69) is 15.5 Å². The molecule has 0 aliphatic heterocycles. The molecule has 0 saturated heterocycles. The molecule has 0 unspecified atom stereocenters. The average Bonchev–Trinajstić information content (AvgIpc) is 3.21. The number of nitrogens with one attached hydrogen (secondary N) is 1. The number of amides is 1. The predicted octanol–water partition coefficient (Wildman–Crippen LogP) is 4.04. The van der Waals surface area contributed by atoms with Crippen molar-refractivity contribution < 1.29 is 9.53 Å². The molecule has 0 radical (unpaired) electrons. The lowest BCUT2D eigenvalue weighted by atomic mass is 9.97. The van der Waals surface area contributed by atoms with Gasteiger partial charge in [0.15, 0.2) is 0 Å². The Morgan fingerprint density at radius 2 is 2.09 bits per heavy atom. The Morgan fingerprint density at radius 3 is 2.97 bits per heavy atom. The zero-order chi connectivity index (χ0) is 22.8. The Balaban J connectivity index is 1.36. The number of fused-ring (bicyclic) bond motifs is 4. The van der Waals surface area contributed by atoms with Gasteiger partial charge in [-0.2, -0.15) is 5.10 Å². The van der Waals surface area contributed by atoms with Gasteiger partial charge in [0.25, 0.3) is 11.5 Å². The van der Waals surface area contributed by atoms with Crippen molar-refractivity contribution in [2.45, 2.75) is 39.2 Å². The lowest BCUT2D eigenvalue weighted by Crippen LogP contribution is -2.30. The molecular weight excluding hydrogens is 436 g/mol. The van der Waals surface area contributed by atoms with Crippen LogP contribution < -0.4 is 15.7 Å². The summed E-state index contributed by atoms with van der Waals surface area (Å²) in [6.45, 7) is 2.30. The summed E-state index contributed by atoms with van der Waals surface area (Å²) in [6.07, 6.45) is 7.18. The number of aryl methyl sites for hydroxylation is 2. The highest BCUT2D eigenvalue weighted by atomic mass is 32.1. The largest absolute Gasteiger partial charge is 0.493 e. The standard InChI is InChI=1S/C25H24N4O3S/c1-2-32-20-12-11-16-7-3-4-8-17(16)19(20)13-27-28-22(30)14-29-15-26-24-23(25(29)31)18-9-5-6-10-21(18)33-24/h3-4,7-8,11-13,15H,2,5-6,9-10,14H2,1H3,(H,28,30). The molecule has 1 aliphatic rings. The third-order valence-electron chi connectivity index (χ3n) is 5.87. The Labute approximate surface area is 194 Å². The van der Waals surface area contributed by atoms with Crippen molar-refractivity contribution in [1.82, 2.24) is 15.0 Å². The van der Waals surface area contributed by atoms with E-state index in [4.69, 9.17) is 4.74 Å². The number of carbonyl (C=O) groups excluding carboxylic acids is 1. The van der Waals surface area contributed by atoms with Crippen molar-refractivity contribution in [1.29, 1.82) is 0 Å². The normalized spacial score (nSPS) is 13.5. The number of nitrogens with zero attached hydrogens (tertiary/aromatic N) is 3. The molecule has 5 rings (SSSR count). The lowest BCUT2D eigenvalue weighted by Gasteiger charge is -2.10. The van der Waals surface area contributed by atoms with Crippen molar-refractivity contribution in [3.05, 3.63) is 69.1 Å². The molecule has 0 fully saturated rings. The van der Waals surface area contributed by atoms with Crippen LogP contribution in [0.2, 0.25) is 0 Å². The molecule has 0 spiro atoms. The molecule has 1 N–H and O–H groups in total. The van der Waals surface area contributed by atoms with Crippen molar-refractivity contribution >= 4 is 44.4 Å². The second-order valence-electron chi connectivity index (χ2n) is 7.99. The number of aromatic nitrogens is 2. The molecule has 0 bridgehead atoms. The zero-order valence-corrected chi connectivity index (χ0v) is 19.2. The van der Waals surface area contributed by atoms with Crippen molar-refractivity contribution in [3.8, 4) is 5.75 Å². The molecule has 0 saturated carbocycles. The van der Waals surface area contributed by atoms with Crippen LogP contribution in [-0.2, 0) is 24.2 Å². The fraction of sp³-hybridized carbons (Fsp3) is 0.280. The van der Waals surface area contributed by atoms with Crippen LogP contribution in [-0.4, -0.2) is 28.3 Å². The summed E-state index contributed by atoms with van der Waals surface area (Å²) in [7, 11) is 0. The molecule has 2 aromatic heterocycles. The quantitative estimate of drug-likeness (QED) is 0.348.